The molecule has 0 aliphatic rings. The molecule has 0 aromatic carbocycles. The monoisotopic (exact) mass is 234 g/mol. The van der Waals surface area contributed by atoms with Crippen LogP contribution >= 0.6 is 0 Å². The Morgan fingerprint density at radius 2 is 2.29 bits per heavy atom. The minimum absolute atomic E-state index is 0.176. The van der Waals surface area contributed by atoms with Gasteiger partial charge in [-0.3, -0.25) is 15.4 Å². The molecule has 0 aliphatic heterocycles. The molecule has 0 bridgehead atoms. The number of aromatic amines is 1. The highest BCUT2D eigenvalue weighted by Crippen LogP contribution is 2.13. The van der Waals surface area contributed by atoms with Crippen LogP contribution in [0.2, 0.25) is 0 Å². The van der Waals surface area contributed by atoms with Gasteiger partial charge in [0.25, 0.3) is 0 Å². The maximum Gasteiger partial charge on any atom is 0.327 e. The number of imidazole rings is 1. The second-order valence-electron chi connectivity index (χ2n) is 2.98. The first-order chi connectivity index (χ1) is 8.20. The van der Waals surface area contributed by atoms with E-state index in [2.05, 4.69) is 31.6 Å². The summed E-state index contributed by atoms with van der Waals surface area (Å²) >= 11 is 0. The molecule has 0 aliphatic carbocycles. The molecule has 9 nitrogen and oxygen atoms in total. The summed E-state index contributed by atoms with van der Waals surface area (Å²) in [5.41, 5.74) is 5.85. The van der Waals surface area contributed by atoms with Crippen LogP contribution in [0.25, 0.3) is 11.2 Å². The average Bonchev–Trinajstić information content (AvgIpc) is 2.78. The predicted octanol–water partition coefficient (Wildman–Crippen LogP) is -1.24. The van der Waals surface area contributed by atoms with E-state index in [4.69, 9.17) is 5.73 Å². The zero-order valence-corrected chi connectivity index (χ0v) is 8.52. The van der Waals surface area contributed by atoms with E-state index in [0.717, 1.165) is 0 Å². The van der Waals surface area contributed by atoms with Crippen molar-refractivity contribution in [2.24, 2.45) is 5.73 Å². The largest absolute Gasteiger partial charge is 0.340 e. The van der Waals surface area contributed by atoms with Crippen LogP contribution in [0.4, 0.5) is 10.6 Å². The number of H-pyrrole nitrogens is 1. The normalized spacial score (nSPS) is 10.2. The lowest BCUT2D eigenvalue weighted by Crippen LogP contribution is -2.38. The first kappa shape index (κ1) is 11.0. The van der Waals surface area contributed by atoms with Crippen molar-refractivity contribution in [3.63, 3.8) is 0 Å². The molecule has 5 N–H and O–H groups in total. The molecular formula is C8H8N7O2. The second kappa shape index (κ2) is 4.53. The molecule has 0 saturated heterocycles. The molecule has 2 aromatic heterocycles. The molecule has 3 amide bonds. The van der Waals surface area contributed by atoms with Gasteiger partial charge < -0.3 is 10.7 Å². The fourth-order valence-electron chi connectivity index (χ4n) is 1.13. The van der Waals surface area contributed by atoms with Crippen LogP contribution in [-0.4, -0.2) is 38.4 Å². The summed E-state index contributed by atoms with van der Waals surface area (Å²) in [6.07, 6.45) is 3.73. The number of nitrogens with two attached hydrogens (primary N) is 1. The molecule has 0 saturated carbocycles. The van der Waals surface area contributed by atoms with Crippen LogP contribution in [0.1, 0.15) is 0 Å². The number of fused-ring (bicyclic) bond motifs is 1. The molecule has 17 heavy (non-hydrogen) atoms. The molecule has 9 heteroatoms. The Balaban J connectivity index is 2.15. The minimum atomic E-state index is -0.733. The van der Waals surface area contributed by atoms with Crippen LogP contribution in [0, 0.1) is 6.33 Å². The number of anilines is 1. The van der Waals surface area contributed by atoms with Gasteiger partial charge in [0.05, 0.1) is 12.9 Å². The van der Waals surface area contributed by atoms with Crippen molar-refractivity contribution >= 4 is 28.9 Å². The van der Waals surface area contributed by atoms with Crippen molar-refractivity contribution in [3.05, 3.63) is 12.7 Å². The van der Waals surface area contributed by atoms with Gasteiger partial charge in [-0.2, -0.15) is 0 Å². The molecule has 0 fully saturated rings. The van der Waals surface area contributed by atoms with E-state index in [1.54, 1.807) is 0 Å². The summed E-state index contributed by atoms with van der Waals surface area (Å²) in [6.45, 7) is -0.275. The topological polar surface area (TPSA) is 139 Å². The number of rotatable bonds is 2. The third kappa shape index (κ3) is 2.34. The van der Waals surface area contributed by atoms with Crippen molar-refractivity contribution < 1.29 is 9.59 Å². The number of carbonyl (C=O) groups is 2. The Morgan fingerprint density at radius 3 is 3.06 bits per heavy atom. The van der Waals surface area contributed by atoms with Crippen molar-refractivity contribution in [2.45, 2.75) is 0 Å². The second-order valence-corrected chi connectivity index (χ2v) is 2.98. The number of urea groups is 1. The molecule has 87 valence electrons. The molecule has 2 aromatic rings. The molecule has 2 rings (SSSR count). The summed E-state index contributed by atoms with van der Waals surface area (Å²) in [7, 11) is 0. The van der Waals surface area contributed by atoms with E-state index in [9.17, 15) is 9.59 Å². The lowest BCUT2D eigenvalue weighted by molar-refractivity contribution is -0.118. The van der Waals surface area contributed by atoms with E-state index >= 15 is 0 Å². The molecule has 0 atom stereocenters. The Kier molecular flexibility index (Phi) is 2.92. The summed E-state index contributed by atoms with van der Waals surface area (Å²) in [4.78, 5) is 36.3. The van der Waals surface area contributed by atoms with Crippen LogP contribution in [-0.2, 0) is 4.79 Å². The van der Waals surface area contributed by atoms with Crippen molar-refractivity contribution in [3.8, 4) is 0 Å². The average molecular weight is 234 g/mol. The van der Waals surface area contributed by atoms with Gasteiger partial charge in [-0.15, -0.1) is 0 Å². The number of hydrogen-bond donors (Lipinski definition) is 4. The quantitative estimate of drug-likeness (QED) is 0.512. The first-order valence-electron chi connectivity index (χ1n) is 4.58. The zero-order valence-electron chi connectivity index (χ0n) is 8.52. The standard InChI is InChI=1S/C8H8N7O2/c9-1-4(16)14-8(17)15-7-5-6(11-2-10-5)12-3-13-7/h2H,1,9H2,(H3,10,11,12,13,14,15,16,17). The van der Waals surface area contributed by atoms with Crippen LogP contribution in [0.3, 0.4) is 0 Å². The summed E-state index contributed by atoms with van der Waals surface area (Å²) in [5, 5.41) is 4.37. The van der Waals surface area contributed by atoms with Gasteiger partial charge in [0, 0.05) is 0 Å². The van der Waals surface area contributed by atoms with Crippen LogP contribution < -0.4 is 16.4 Å². The fourth-order valence-corrected chi connectivity index (χ4v) is 1.13. The number of hydrogen-bond acceptors (Lipinski definition) is 6. The third-order valence-electron chi connectivity index (χ3n) is 1.84. The van der Waals surface area contributed by atoms with E-state index in [1.165, 1.54) is 6.33 Å². The van der Waals surface area contributed by atoms with E-state index in [-0.39, 0.29) is 12.4 Å². The lowest BCUT2D eigenvalue weighted by Gasteiger charge is -2.04. The Labute approximate surface area is 94.8 Å². The molecular weight excluding hydrogens is 226 g/mol. The summed E-state index contributed by atoms with van der Waals surface area (Å²) < 4.78 is 0. The number of imide groups is 1. The van der Waals surface area contributed by atoms with Gasteiger partial charge in [0.15, 0.2) is 11.5 Å². The highest BCUT2D eigenvalue weighted by Gasteiger charge is 2.11. The third-order valence-corrected chi connectivity index (χ3v) is 1.84. The first-order valence-corrected chi connectivity index (χ1v) is 4.58. The Bertz CT molecular complexity index is 564. The maximum absolute atomic E-state index is 11.3. The fraction of sp³-hybridized carbons (Fsp3) is 0.125. The van der Waals surface area contributed by atoms with Gasteiger partial charge in [0.1, 0.15) is 5.52 Å². The predicted molar refractivity (Wildman–Crippen MR) is 56.7 cm³/mol. The van der Waals surface area contributed by atoms with E-state index < -0.39 is 11.9 Å². The number of carbonyl (C=O) groups excluding carboxylic acids is 2. The van der Waals surface area contributed by atoms with Gasteiger partial charge in [-0.05, 0) is 0 Å². The smallest absolute Gasteiger partial charge is 0.327 e. The summed E-state index contributed by atoms with van der Waals surface area (Å²) in [6, 6.07) is -0.733. The van der Waals surface area contributed by atoms with Crippen molar-refractivity contribution in [2.75, 3.05) is 11.9 Å². The van der Waals surface area contributed by atoms with Gasteiger partial charge in [0.2, 0.25) is 12.2 Å². The lowest BCUT2D eigenvalue weighted by atomic mass is 10.5. The van der Waals surface area contributed by atoms with Crippen LogP contribution in [0.15, 0.2) is 6.33 Å². The van der Waals surface area contributed by atoms with E-state index in [1.807, 2.05) is 5.32 Å². The maximum atomic E-state index is 11.3. The number of amides is 3. The molecule has 1 radical (unpaired) electrons. The van der Waals surface area contributed by atoms with Gasteiger partial charge in [-0.25, -0.2) is 19.7 Å². The molecule has 2 heterocycles. The Hall–Kier alpha value is -2.55. The van der Waals surface area contributed by atoms with E-state index in [0.29, 0.717) is 11.2 Å². The zero-order chi connectivity index (χ0) is 12.3. The van der Waals surface area contributed by atoms with Gasteiger partial charge in [-0.1, -0.05) is 0 Å². The highest BCUT2D eigenvalue weighted by atomic mass is 16.2. The minimum Gasteiger partial charge on any atom is -0.340 e. The van der Waals surface area contributed by atoms with Crippen molar-refractivity contribution in [1.29, 1.82) is 0 Å². The molecule has 0 spiro atoms. The molecule has 0 unspecified atom stereocenters. The van der Waals surface area contributed by atoms with Crippen molar-refractivity contribution in [1.82, 2.24) is 25.3 Å². The Morgan fingerprint density at radius 1 is 1.47 bits per heavy atom. The SMILES string of the molecule is NCC(=O)NC(=O)Nc1n[c]nc2nc[nH]c12. The number of nitrogens with zero attached hydrogens (tertiary/aromatic N) is 3. The number of nitrogens with one attached hydrogen (secondary N) is 3. The highest BCUT2D eigenvalue weighted by molar-refractivity contribution is 6.03. The van der Waals surface area contributed by atoms with Gasteiger partial charge >= 0.3 is 6.03 Å². The summed E-state index contributed by atoms with van der Waals surface area (Å²) in [5.74, 6) is -0.420. The number of aromatic nitrogens is 4. The van der Waals surface area contributed by atoms with Crippen LogP contribution in [0.5, 0.6) is 0 Å².